The first-order valence-electron chi connectivity index (χ1n) is 15.1. The van der Waals surface area contributed by atoms with E-state index < -0.39 is 70.5 Å². The van der Waals surface area contributed by atoms with Gasteiger partial charge in [0.15, 0.2) is 11.8 Å². The van der Waals surface area contributed by atoms with E-state index in [-0.39, 0.29) is 26.9 Å². The van der Waals surface area contributed by atoms with Gasteiger partial charge in [0.2, 0.25) is 17.6 Å². The van der Waals surface area contributed by atoms with E-state index in [0.717, 1.165) is 24.1 Å². The molecule has 0 fully saturated rings. The highest BCUT2D eigenvalue weighted by atomic mass is 35.5. The summed E-state index contributed by atoms with van der Waals surface area (Å²) in [7, 11) is 5.14. The lowest BCUT2D eigenvalue weighted by Crippen LogP contribution is -2.53. The summed E-state index contributed by atoms with van der Waals surface area (Å²) >= 11 is 12.8. The molecule has 3 aromatic carbocycles. The third-order valence-corrected chi connectivity index (χ3v) is 7.95. The van der Waals surface area contributed by atoms with Crippen molar-refractivity contribution in [2.45, 2.75) is 50.9 Å². The number of benzene rings is 3. The molecule has 3 atom stereocenters. The molecular weight excluding hydrogens is 714 g/mol. The van der Waals surface area contributed by atoms with E-state index in [1.165, 1.54) is 51.6 Å². The van der Waals surface area contributed by atoms with Crippen molar-refractivity contribution in [2.75, 3.05) is 28.4 Å². The van der Waals surface area contributed by atoms with Crippen molar-refractivity contribution in [2.24, 2.45) is 0 Å². The number of nitro benzene ring substituents is 1. The number of rotatable bonds is 13. The van der Waals surface area contributed by atoms with Crippen LogP contribution in [0, 0.1) is 15.9 Å². The van der Waals surface area contributed by atoms with Crippen molar-refractivity contribution in [1.29, 1.82) is 0 Å². The van der Waals surface area contributed by atoms with Crippen molar-refractivity contribution in [3.63, 3.8) is 0 Å². The Morgan fingerprint density at radius 2 is 1.51 bits per heavy atom. The molecule has 51 heavy (non-hydrogen) atoms. The van der Waals surface area contributed by atoms with Gasteiger partial charge in [0.25, 0.3) is 0 Å². The van der Waals surface area contributed by atoms with Crippen molar-refractivity contribution in [3.05, 3.63) is 97.3 Å². The second-order valence-corrected chi connectivity index (χ2v) is 12.9. The van der Waals surface area contributed by atoms with Crippen LogP contribution in [0.4, 0.5) is 14.9 Å². The van der Waals surface area contributed by atoms with Gasteiger partial charge in [0.05, 0.1) is 36.3 Å². The van der Waals surface area contributed by atoms with Crippen LogP contribution < -0.4 is 20.1 Å². The van der Waals surface area contributed by atoms with E-state index in [0.29, 0.717) is 11.3 Å². The predicted octanol–water partition coefficient (Wildman–Crippen LogP) is 5.72. The Bertz CT molecular complexity index is 1760. The lowest BCUT2D eigenvalue weighted by Gasteiger charge is -2.32. The number of hydrogen-bond acceptors (Lipinski definition) is 10. The van der Waals surface area contributed by atoms with Crippen LogP contribution in [-0.2, 0) is 30.3 Å². The van der Waals surface area contributed by atoms with Gasteiger partial charge in [-0.1, -0.05) is 41.4 Å². The Labute approximate surface area is 303 Å². The molecule has 14 nitrogen and oxygen atoms in total. The summed E-state index contributed by atoms with van der Waals surface area (Å²) in [4.78, 5) is 66.0. The van der Waals surface area contributed by atoms with Gasteiger partial charge < -0.3 is 34.5 Å². The number of alkyl carbamates (subject to hydrolysis) is 1. The maximum Gasteiger partial charge on any atom is 0.408 e. The zero-order chi connectivity index (χ0) is 38.2. The molecule has 0 saturated heterocycles. The van der Waals surface area contributed by atoms with Crippen LogP contribution in [0.5, 0.6) is 11.5 Å². The third kappa shape index (κ3) is 10.4. The van der Waals surface area contributed by atoms with Crippen LogP contribution in [0.25, 0.3) is 0 Å². The van der Waals surface area contributed by atoms with Crippen LogP contribution in [0.2, 0.25) is 10.0 Å². The van der Waals surface area contributed by atoms with Gasteiger partial charge in [0.1, 0.15) is 23.4 Å². The number of likely N-dealkylation sites (N-methyl/N-ethyl adjacent to an activating group) is 1. The summed E-state index contributed by atoms with van der Waals surface area (Å²) in [6.45, 7) is 4.83. The number of nitrogens with zero attached hydrogens (tertiary/aromatic N) is 2. The largest absolute Gasteiger partial charge is 0.497 e. The van der Waals surface area contributed by atoms with Gasteiger partial charge >= 0.3 is 17.7 Å². The van der Waals surface area contributed by atoms with Gasteiger partial charge in [0, 0.05) is 19.5 Å². The average molecular weight is 752 g/mol. The van der Waals surface area contributed by atoms with E-state index in [1.807, 2.05) is 0 Å². The molecule has 2 N–H and O–H groups in total. The molecule has 0 aliphatic rings. The minimum atomic E-state index is -1.57. The van der Waals surface area contributed by atoms with E-state index in [9.17, 15) is 33.7 Å². The summed E-state index contributed by atoms with van der Waals surface area (Å²) < 4.78 is 35.0. The van der Waals surface area contributed by atoms with Crippen LogP contribution in [0.3, 0.4) is 0 Å². The molecule has 3 amide bonds. The molecule has 0 heterocycles. The lowest BCUT2D eigenvalue weighted by atomic mass is 9.99. The zero-order valence-electron chi connectivity index (χ0n) is 28.7. The van der Waals surface area contributed by atoms with Crippen molar-refractivity contribution >= 4 is 52.8 Å². The molecule has 3 aromatic rings. The predicted molar refractivity (Wildman–Crippen MR) is 184 cm³/mol. The molecular formula is C34H37Cl2FN4O10. The second kappa shape index (κ2) is 17.2. The van der Waals surface area contributed by atoms with Gasteiger partial charge in [-0.15, -0.1) is 0 Å². The van der Waals surface area contributed by atoms with Gasteiger partial charge in [-0.2, -0.15) is 4.39 Å². The molecule has 0 radical (unpaired) electrons. The minimum Gasteiger partial charge on any atom is -0.497 e. The fraction of sp³-hybridized carbons (Fsp3) is 0.353. The SMILES string of the molecule is COC(=O)[C@H](NC(=O)[C@H](Cc1ccc(F)c([N+](=O)[O-])c1)N(C)C(=O)[C@@H](NC(=O)OC(C)(C)C)c1cc(Cl)c(OC)c(Cl)c1)c1ccc(OC)cc1. The fourth-order valence-electron chi connectivity index (χ4n) is 4.90. The Hall–Kier alpha value is -5.15. The maximum atomic E-state index is 14.4. The first-order chi connectivity index (χ1) is 23.9. The molecule has 0 saturated carbocycles. The minimum absolute atomic E-state index is 0.000215. The van der Waals surface area contributed by atoms with Gasteiger partial charge in [-0.25, -0.2) is 9.59 Å². The van der Waals surface area contributed by atoms with Crippen LogP contribution in [0.1, 0.15) is 49.5 Å². The summed E-state index contributed by atoms with van der Waals surface area (Å²) in [5, 5.41) is 16.6. The Kier molecular flexibility index (Phi) is 13.6. The van der Waals surface area contributed by atoms with E-state index in [4.69, 9.17) is 42.1 Å². The number of amides is 3. The Morgan fingerprint density at radius 1 is 0.902 bits per heavy atom. The number of nitro groups is 1. The standard InChI is InChI=1S/C34H37Cl2FN4O10/c1-34(2,3)51-33(45)39-27(20-16-22(35)29(49-6)23(36)17-20)31(43)40(4)26(15-18-8-13-24(37)25(14-18)41(46)47)30(42)38-28(32(44)50-7)19-9-11-21(48-5)12-10-19/h8-14,16-17,26-28H,15H2,1-7H3,(H,38,42)(H,39,45)/t26-,27-,28+/m0/s1. The average Bonchev–Trinajstić information content (AvgIpc) is 3.07. The molecule has 0 unspecified atom stereocenters. The van der Waals surface area contributed by atoms with E-state index >= 15 is 0 Å². The number of carbonyl (C=O) groups is 4. The third-order valence-electron chi connectivity index (χ3n) is 7.39. The maximum absolute atomic E-state index is 14.4. The summed E-state index contributed by atoms with van der Waals surface area (Å²) in [5.74, 6) is -3.21. The molecule has 0 bridgehead atoms. The lowest BCUT2D eigenvalue weighted by molar-refractivity contribution is -0.387. The van der Waals surface area contributed by atoms with Crippen LogP contribution in [0.15, 0.2) is 54.6 Å². The first-order valence-corrected chi connectivity index (χ1v) is 15.9. The molecule has 0 aliphatic heterocycles. The second-order valence-electron chi connectivity index (χ2n) is 12.0. The number of carbonyl (C=O) groups excluding carboxylic acids is 4. The Balaban J connectivity index is 2.14. The highest BCUT2D eigenvalue weighted by molar-refractivity contribution is 6.37. The number of ether oxygens (including phenoxy) is 4. The fourth-order valence-corrected chi connectivity index (χ4v) is 5.55. The first kappa shape index (κ1) is 40.3. The molecule has 274 valence electrons. The van der Waals surface area contributed by atoms with Crippen molar-refractivity contribution in [3.8, 4) is 11.5 Å². The smallest absolute Gasteiger partial charge is 0.408 e. The normalized spacial score (nSPS) is 12.8. The van der Waals surface area contributed by atoms with Crippen molar-refractivity contribution in [1.82, 2.24) is 15.5 Å². The quantitative estimate of drug-likeness (QED) is 0.125. The summed E-state index contributed by atoms with van der Waals surface area (Å²) in [5.41, 5.74) is -1.36. The highest BCUT2D eigenvalue weighted by Gasteiger charge is 2.37. The monoisotopic (exact) mass is 750 g/mol. The molecule has 17 heteroatoms. The molecule has 3 rings (SSSR count). The number of esters is 1. The number of hydrogen-bond donors (Lipinski definition) is 2. The topological polar surface area (TPSA) is 176 Å². The number of methoxy groups -OCH3 is 3. The molecule has 0 aliphatic carbocycles. The van der Waals surface area contributed by atoms with E-state index in [1.54, 1.807) is 32.9 Å². The Morgan fingerprint density at radius 3 is 2.02 bits per heavy atom. The van der Waals surface area contributed by atoms with Crippen LogP contribution >= 0.6 is 23.2 Å². The van der Waals surface area contributed by atoms with Crippen LogP contribution in [-0.4, -0.2) is 73.7 Å². The highest BCUT2D eigenvalue weighted by Crippen LogP contribution is 2.36. The van der Waals surface area contributed by atoms with Crippen molar-refractivity contribution < 1.29 is 47.4 Å². The van der Waals surface area contributed by atoms with Gasteiger partial charge in [-0.05, 0) is 67.8 Å². The van der Waals surface area contributed by atoms with Gasteiger partial charge in [-0.3, -0.25) is 19.7 Å². The molecule has 0 aromatic heterocycles. The summed E-state index contributed by atoms with van der Waals surface area (Å²) in [6, 6.07) is 7.32. The molecule has 0 spiro atoms. The zero-order valence-corrected chi connectivity index (χ0v) is 30.3. The van der Waals surface area contributed by atoms with E-state index in [2.05, 4.69) is 10.6 Å². The number of nitrogens with one attached hydrogen (secondary N) is 2. The summed E-state index contributed by atoms with van der Waals surface area (Å²) in [6.07, 6.45) is -1.41. The number of halogens is 3.